The standard InChI is InChI=1S/C17H15N3O3S/c1-11-9-14(20-16(21)13-6-4-8-23-13)24-15(11)17(22)19-10-12-5-2-3-7-18-12/h2-9H,10H2,1H3,(H,19,22)(H,20,21). The molecule has 3 aromatic rings. The zero-order chi connectivity index (χ0) is 16.9. The van der Waals surface area contributed by atoms with Gasteiger partial charge in [-0.3, -0.25) is 14.6 Å². The Morgan fingerprint density at radius 3 is 2.79 bits per heavy atom. The molecule has 3 aromatic heterocycles. The van der Waals surface area contributed by atoms with Crippen LogP contribution in [0.1, 0.15) is 31.5 Å². The number of carbonyl (C=O) groups excluding carboxylic acids is 2. The van der Waals surface area contributed by atoms with E-state index < -0.39 is 0 Å². The first-order valence-corrected chi connectivity index (χ1v) is 8.08. The molecule has 0 unspecified atom stereocenters. The van der Waals surface area contributed by atoms with Crippen LogP contribution in [0.2, 0.25) is 0 Å². The van der Waals surface area contributed by atoms with Crippen LogP contribution in [0.15, 0.2) is 53.3 Å². The summed E-state index contributed by atoms with van der Waals surface area (Å²) in [6, 6.07) is 10.5. The van der Waals surface area contributed by atoms with E-state index in [1.807, 2.05) is 25.1 Å². The number of nitrogens with zero attached hydrogens (tertiary/aromatic N) is 1. The van der Waals surface area contributed by atoms with Crippen molar-refractivity contribution < 1.29 is 14.0 Å². The van der Waals surface area contributed by atoms with Crippen LogP contribution < -0.4 is 10.6 Å². The number of hydrogen-bond acceptors (Lipinski definition) is 5. The van der Waals surface area contributed by atoms with E-state index in [0.717, 1.165) is 11.3 Å². The molecule has 0 atom stereocenters. The molecule has 0 aliphatic heterocycles. The first-order chi connectivity index (χ1) is 11.6. The van der Waals surface area contributed by atoms with Gasteiger partial charge in [-0.15, -0.1) is 11.3 Å². The molecule has 24 heavy (non-hydrogen) atoms. The molecule has 2 amide bonds. The number of nitrogens with one attached hydrogen (secondary N) is 2. The summed E-state index contributed by atoms with van der Waals surface area (Å²) in [5.74, 6) is -0.314. The highest BCUT2D eigenvalue weighted by Gasteiger charge is 2.16. The van der Waals surface area contributed by atoms with Crippen molar-refractivity contribution >= 4 is 28.2 Å². The van der Waals surface area contributed by atoms with Gasteiger partial charge in [0.15, 0.2) is 5.76 Å². The summed E-state index contributed by atoms with van der Waals surface area (Å²) in [6.45, 7) is 2.18. The average Bonchev–Trinajstić information content (AvgIpc) is 3.23. The van der Waals surface area contributed by atoms with Gasteiger partial charge in [-0.1, -0.05) is 6.07 Å². The number of thiophene rings is 1. The minimum atomic E-state index is -0.346. The van der Waals surface area contributed by atoms with Gasteiger partial charge in [0.05, 0.1) is 28.4 Å². The highest BCUT2D eigenvalue weighted by molar-refractivity contribution is 7.18. The minimum absolute atomic E-state index is 0.193. The van der Waals surface area contributed by atoms with Crippen molar-refractivity contribution in [3.05, 3.63) is 70.8 Å². The number of rotatable bonds is 5. The van der Waals surface area contributed by atoms with E-state index in [9.17, 15) is 9.59 Å². The van der Waals surface area contributed by atoms with Crippen molar-refractivity contribution in [3.8, 4) is 0 Å². The van der Waals surface area contributed by atoms with Crippen LogP contribution in [0, 0.1) is 6.92 Å². The smallest absolute Gasteiger partial charge is 0.291 e. The number of anilines is 1. The number of amides is 2. The number of aromatic nitrogens is 1. The second-order valence-corrected chi connectivity index (χ2v) is 6.11. The lowest BCUT2D eigenvalue weighted by Crippen LogP contribution is -2.22. The van der Waals surface area contributed by atoms with E-state index in [0.29, 0.717) is 16.4 Å². The first kappa shape index (κ1) is 15.9. The van der Waals surface area contributed by atoms with Gasteiger partial charge in [0.2, 0.25) is 0 Å². The van der Waals surface area contributed by atoms with E-state index in [1.54, 1.807) is 24.4 Å². The fraction of sp³-hybridized carbons (Fsp3) is 0.118. The van der Waals surface area contributed by atoms with Crippen molar-refractivity contribution in [3.63, 3.8) is 0 Å². The third-order valence-electron chi connectivity index (χ3n) is 3.26. The monoisotopic (exact) mass is 341 g/mol. The van der Waals surface area contributed by atoms with Gasteiger partial charge in [0.25, 0.3) is 11.8 Å². The molecule has 2 N–H and O–H groups in total. The Labute approximate surface area is 142 Å². The van der Waals surface area contributed by atoms with Crippen LogP contribution in [0.5, 0.6) is 0 Å². The van der Waals surface area contributed by atoms with Crippen LogP contribution in [-0.4, -0.2) is 16.8 Å². The molecule has 0 bridgehead atoms. The molecule has 7 heteroatoms. The van der Waals surface area contributed by atoms with Crippen molar-refractivity contribution in [2.75, 3.05) is 5.32 Å². The second kappa shape index (κ2) is 7.10. The quantitative estimate of drug-likeness (QED) is 0.746. The zero-order valence-electron chi connectivity index (χ0n) is 12.9. The number of pyridine rings is 1. The zero-order valence-corrected chi connectivity index (χ0v) is 13.7. The summed E-state index contributed by atoms with van der Waals surface area (Å²) < 4.78 is 5.05. The van der Waals surface area contributed by atoms with Gasteiger partial charge in [-0.2, -0.15) is 0 Å². The molecule has 0 saturated heterocycles. The first-order valence-electron chi connectivity index (χ1n) is 7.27. The third kappa shape index (κ3) is 3.69. The molecule has 0 radical (unpaired) electrons. The van der Waals surface area contributed by atoms with Crippen molar-refractivity contribution in [2.24, 2.45) is 0 Å². The highest BCUT2D eigenvalue weighted by Crippen LogP contribution is 2.27. The molecule has 3 heterocycles. The number of carbonyl (C=O) groups is 2. The highest BCUT2D eigenvalue weighted by atomic mass is 32.1. The Bertz CT molecular complexity index is 841. The van der Waals surface area contributed by atoms with Crippen LogP contribution >= 0.6 is 11.3 Å². The molecule has 0 spiro atoms. The number of furan rings is 1. The fourth-order valence-electron chi connectivity index (χ4n) is 2.10. The SMILES string of the molecule is Cc1cc(NC(=O)c2ccco2)sc1C(=O)NCc1ccccn1. The van der Waals surface area contributed by atoms with Gasteiger partial charge in [0, 0.05) is 6.20 Å². The molecule has 0 fully saturated rings. The van der Waals surface area contributed by atoms with Gasteiger partial charge < -0.3 is 15.1 Å². The van der Waals surface area contributed by atoms with Crippen molar-refractivity contribution in [1.29, 1.82) is 0 Å². The summed E-state index contributed by atoms with van der Waals surface area (Å²) in [5.41, 5.74) is 1.58. The lowest BCUT2D eigenvalue weighted by Gasteiger charge is -2.03. The van der Waals surface area contributed by atoms with Crippen LogP contribution in [0.25, 0.3) is 0 Å². The lowest BCUT2D eigenvalue weighted by atomic mass is 10.2. The maximum Gasteiger partial charge on any atom is 0.291 e. The number of hydrogen-bond donors (Lipinski definition) is 2. The molecule has 0 aromatic carbocycles. The summed E-state index contributed by atoms with van der Waals surface area (Å²) in [5, 5.41) is 6.15. The molecular formula is C17H15N3O3S. The Hall–Kier alpha value is -2.93. The Morgan fingerprint density at radius 1 is 1.21 bits per heavy atom. The van der Waals surface area contributed by atoms with Crippen molar-refractivity contribution in [2.45, 2.75) is 13.5 Å². The van der Waals surface area contributed by atoms with E-state index in [2.05, 4.69) is 15.6 Å². The van der Waals surface area contributed by atoms with E-state index in [1.165, 1.54) is 17.6 Å². The predicted octanol–water partition coefficient (Wildman–Crippen LogP) is 3.23. The predicted molar refractivity (Wildman–Crippen MR) is 91.1 cm³/mol. The van der Waals surface area contributed by atoms with Crippen LogP contribution in [-0.2, 0) is 6.54 Å². The second-order valence-electron chi connectivity index (χ2n) is 5.06. The Morgan fingerprint density at radius 2 is 2.08 bits per heavy atom. The molecule has 6 nitrogen and oxygen atoms in total. The minimum Gasteiger partial charge on any atom is -0.459 e. The van der Waals surface area contributed by atoms with E-state index in [-0.39, 0.29) is 17.6 Å². The third-order valence-corrected chi connectivity index (χ3v) is 4.41. The van der Waals surface area contributed by atoms with E-state index >= 15 is 0 Å². The molecule has 0 aliphatic rings. The normalized spacial score (nSPS) is 10.4. The molecular weight excluding hydrogens is 326 g/mol. The van der Waals surface area contributed by atoms with Gasteiger partial charge in [-0.25, -0.2) is 0 Å². The van der Waals surface area contributed by atoms with Crippen LogP contribution in [0.3, 0.4) is 0 Å². The molecule has 0 saturated carbocycles. The summed E-state index contributed by atoms with van der Waals surface area (Å²) >= 11 is 1.22. The van der Waals surface area contributed by atoms with Crippen molar-refractivity contribution in [1.82, 2.24) is 10.3 Å². The summed E-state index contributed by atoms with van der Waals surface area (Å²) in [7, 11) is 0. The van der Waals surface area contributed by atoms with Crippen LogP contribution in [0.4, 0.5) is 5.00 Å². The summed E-state index contributed by atoms with van der Waals surface area (Å²) in [4.78, 5) is 29.0. The largest absolute Gasteiger partial charge is 0.459 e. The molecule has 3 rings (SSSR count). The molecule has 0 aliphatic carbocycles. The Kier molecular flexibility index (Phi) is 4.72. The topological polar surface area (TPSA) is 84.2 Å². The lowest BCUT2D eigenvalue weighted by molar-refractivity contribution is 0.0952. The average molecular weight is 341 g/mol. The van der Waals surface area contributed by atoms with Gasteiger partial charge >= 0.3 is 0 Å². The maximum atomic E-state index is 12.3. The Balaban J connectivity index is 1.65. The van der Waals surface area contributed by atoms with E-state index in [4.69, 9.17) is 4.42 Å². The maximum absolute atomic E-state index is 12.3. The fourth-order valence-corrected chi connectivity index (χ4v) is 3.09. The summed E-state index contributed by atoms with van der Waals surface area (Å²) in [6.07, 6.45) is 3.12. The van der Waals surface area contributed by atoms with Gasteiger partial charge in [0.1, 0.15) is 0 Å². The molecule has 122 valence electrons. The van der Waals surface area contributed by atoms with Gasteiger partial charge in [-0.05, 0) is 42.8 Å². The number of aryl methyl sites for hydroxylation is 1.